The minimum Gasteiger partial charge on any atom is -0.393 e. The number of hydrogen-bond acceptors (Lipinski definition) is 1. The van der Waals surface area contributed by atoms with Crippen molar-refractivity contribution in [1.82, 2.24) is 0 Å². The lowest BCUT2D eigenvalue weighted by Gasteiger charge is -2.01. The second kappa shape index (κ2) is 14.2. The number of rotatable bonds is 5. The average molecular weight is 186 g/mol. The number of aliphatic hydroxyl groups is 1. The zero-order valence-corrected chi connectivity index (χ0v) is 9.71. The zero-order chi connectivity index (χ0) is 10.5. The standard InChI is InChI=1S/C6H14O.C6H12/c1-3-5-6(7)4-2;1-3-5-6-4-2/h6-7H,3-5H2,1-2H3;5-6H,3-4H2,1-2H3/b;6-5-. The minimum atomic E-state index is -0.0509. The van der Waals surface area contributed by atoms with E-state index in [-0.39, 0.29) is 6.10 Å². The van der Waals surface area contributed by atoms with Crippen molar-refractivity contribution in [3.8, 4) is 0 Å². The van der Waals surface area contributed by atoms with Crippen molar-refractivity contribution in [2.75, 3.05) is 0 Å². The molecular weight excluding hydrogens is 160 g/mol. The van der Waals surface area contributed by atoms with Crippen molar-refractivity contribution in [3.05, 3.63) is 12.2 Å². The highest BCUT2D eigenvalue weighted by Crippen LogP contribution is 1.98. The molecule has 1 heteroatoms. The lowest BCUT2D eigenvalue weighted by Crippen LogP contribution is -2.01. The fourth-order valence-electron chi connectivity index (χ4n) is 0.871. The van der Waals surface area contributed by atoms with Gasteiger partial charge in [0, 0.05) is 0 Å². The summed E-state index contributed by atoms with van der Waals surface area (Å²) in [6, 6.07) is 0. The van der Waals surface area contributed by atoms with Gasteiger partial charge < -0.3 is 5.11 Å². The van der Waals surface area contributed by atoms with Crippen LogP contribution in [0.1, 0.15) is 59.8 Å². The average Bonchev–Trinajstić information content (AvgIpc) is 2.16. The molecule has 1 nitrogen and oxygen atoms in total. The summed E-state index contributed by atoms with van der Waals surface area (Å²) in [6.07, 6.45) is 9.60. The monoisotopic (exact) mass is 186 g/mol. The van der Waals surface area contributed by atoms with Crippen LogP contribution in [0.25, 0.3) is 0 Å². The molecule has 1 unspecified atom stereocenters. The molecule has 0 aliphatic heterocycles. The Morgan fingerprint density at radius 1 is 1.00 bits per heavy atom. The quantitative estimate of drug-likeness (QED) is 0.645. The van der Waals surface area contributed by atoms with Gasteiger partial charge in [-0.25, -0.2) is 0 Å². The lowest BCUT2D eigenvalue weighted by atomic mass is 10.2. The summed E-state index contributed by atoms with van der Waals surface area (Å²) in [6.45, 7) is 8.37. The van der Waals surface area contributed by atoms with Crippen molar-refractivity contribution >= 4 is 0 Å². The molecular formula is C12H26O. The van der Waals surface area contributed by atoms with E-state index in [1.54, 1.807) is 0 Å². The van der Waals surface area contributed by atoms with Crippen molar-refractivity contribution in [3.63, 3.8) is 0 Å². The third-order valence-electron chi connectivity index (χ3n) is 1.73. The number of aliphatic hydroxyl groups excluding tert-OH is 1. The van der Waals surface area contributed by atoms with E-state index in [0.717, 1.165) is 19.3 Å². The molecule has 0 amide bonds. The molecule has 0 heterocycles. The molecule has 80 valence electrons. The van der Waals surface area contributed by atoms with Crippen molar-refractivity contribution in [1.29, 1.82) is 0 Å². The van der Waals surface area contributed by atoms with Gasteiger partial charge >= 0.3 is 0 Å². The van der Waals surface area contributed by atoms with E-state index in [9.17, 15) is 0 Å². The van der Waals surface area contributed by atoms with Gasteiger partial charge in [0.2, 0.25) is 0 Å². The van der Waals surface area contributed by atoms with E-state index in [0.29, 0.717) is 0 Å². The van der Waals surface area contributed by atoms with Gasteiger partial charge in [0.15, 0.2) is 0 Å². The van der Waals surface area contributed by atoms with E-state index in [1.165, 1.54) is 12.8 Å². The molecule has 0 saturated heterocycles. The van der Waals surface area contributed by atoms with Gasteiger partial charge in [-0.15, -0.1) is 0 Å². The van der Waals surface area contributed by atoms with Crippen LogP contribution in [-0.2, 0) is 0 Å². The molecule has 0 radical (unpaired) electrons. The maximum absolute atomic E-state index is 8.86. The van der Waals surface area contributed by atoms with Gasteiger partial charge in [-0.3, -0.25) is 0 Å². The van der Waals surface area contributed by atoms with E-state index >= 15 is 0 Å². The van der Waals surface area contributed by atoms with Crippen LogP contribution in [0.4, 0.5) is 0 Å². The van der Waals surface area contributed by atoms with Gasteiger partial charge in [-0.05, 0) is 25.7 Å². The van der Waals surface area contributed by atoms with E-state index in [2.05, 4.69) is 32.9 Å². The lowest BCUT2D eigenvalue weighted by molar-refractivity contribution is 0.159. The van der Waals surface area contributed by atoms with E-state index in [4.69, 9.17) is 5.11 Å². The summed E-state index contributed by atoms with van der Waals surface area (Å²) in [5.41, 5.74) is 0. The van der Waals surface area contributed by atoms with Crippen LogP contribution in [0.5, 0.6) is 0 Å². The summed E-state index contributed by atoms with van der Waals surface area (Å²) in [5.74, 6) is 0. The molecule has 0 aliphatic rings. The third-order valence-corrected chi connectivity index (χ3v) is 1.73. The predicted octanol–water partition coefficient (Wildman–Crippen LogP) is 3.92. The van der Waals surface area contributed by atoms with Crippen LogP contribution in [0.2, 0.25) is 0 Å². The Morgan fingerprint density at radius 2 is 1.46 bits per heavy atom. The van der Waals surface area contributed by atoms with E-state index in [1.807, 2.05) is 6.92 Å². The van der Waals surface area contributed by atoms with Gasteiger partial charge in [0.1, 0.15) is 0 Å². The summed E-state index contributed by atoms with van der Waals surface area (Å²) in [4.78, 5) is 0. The van der Waals surface area contributed by atoms with Crippen molar-refractivity contribution in [2.24, 2.45) is 0 Å². The minimum absolute atomic E-state index is 0.0509. The van der Waals surface area contributed by atoms with Crippen LogP contribution in [0, 0.1) is 0 Å². The molecule has 0 aromatic carbocycles. The highest BCUT2D eigenvalue weighted by molar-refractivity contribution is 4.77. The molecule has 1 N–H and O–H groups in total. The summed E-state index contributed by atoms with van der Waals surface area (Å²) < 4.78 is 0. The normalized spacial score (nSPS) is 12.4. The smallest absolute Gasteiger partial charge is 0.0537 e. The molecule has 0 fully saturated rings. The first kappa shape index (κ1) is 15.2. The fraction of sp³-hybridized carbons (Fsp3) is 0.833. The maximum atomic E-state index is 8.86. The van der Waals surface area contributed by atoms with Gasteiger partial charge in [-0.2, -0.15) is 0 Å². The topological polar surface area (TPSA) is 20.2 Å². The second-order valence-corrected chi connectivity index (χ2v) is 3.14. The Kier molecular flexibility index (Phi) is 16.6. The SMILES string of the molecule is CC/C=C\CC.CCCC(O)CC. The fourth-order valence-corrected chi connectivity index (χ4v) is 0.871. The summed E-state index contributed by atoms with van der Waals surface area (Å²) in [7, 11) is 0. The van der Waals surface area contributed by atoms with Crippen LogP contribution < -0.4 is 0 Å². The third kappa shape index (κ3) is 18.6. The van der Waals surface area contributed by atoms with Crippen molar-refractivity contribution in [2.45, 2.75) is 65.9 Å². The second-order valence-electron chi connectivity index (χ2n) is 3.14. The molecule has 1 atom stereocenters. The summed E-state index contributed by atoms with van der Waals surface area (Å²) in [5, 5.41) is 8.86. The maximum Gasteiger partial charge on any atom is 0.0537 e. The molecule has 0 spiro atoms. The first-order valence-electron chi connectivity index (χ1n) is 5.55. The Bertz CT molecular complexity index is 91.3. The molecule has 13 heavy (non-hydrogen) atoms. The van der Waals surface area contributed by atoms with Crippen LogP contribution in [-0.4, -0.2) is 11.2 Å². The van der Waals surface area contributed by atoms with Gasteiger partial charge in [0.25, 0.3) is 0 Å². The first-order valence-corrected chi connectivity index (χ1v) is 5.55. The van der Waals surface area contributed by atoms with Crippen LogP contribution in [0.3, 0.4) is 0 Å². The number of allylic oxidation sites excluding steroid dienone is 2. The largest absolute Gasteiger partial charge is 0.393 e. The molecule has 0 aliphatic carbocycles. The Balaban J connectivity index is 0. The van der Waals surface area contributed by atoms with Crippen LogP contribution >= 0.6 is 0 Å². The zero-order valence-electron chi connectivity index (χ0n) is 9.71. The molecule has 0 rings (SSSR count). The van der Waals surface area contributed by atoms with Gasteiger partial charge in [0.05, 0.1) is 6.10 Å². The molecule has 0 aromatic heterocycles. The predicted molar refractivity (Wildman–Crippen MR) is 60.9 cm³/mol. The van der Waals surface area contributed by atoms with Gasteiger partial charge in [-0.1, -0.05) is 46.3 Å². The molecule has 0 saturated carbocycles. The van der Waals surface area contributed by atoms with E-state index < -0.39 is 0 Å². The Labute approximate surface area is 83.9 Å². The Hall–Kier alpha value is -0.300. The van der Waals surface area contributed by atoms with Crippen LogP contribution in [0.15, 0.2) is 12.2 Å². The first-order chi connectivity index (χ1) is 6.22. The highest BCUT2D eigenvalue weighted by atomic mass is 16.3. The van der Waals surface area contributed by atoms with Crippen molar-refractivity contribution < 1.29 is 5.11 Å². The number of hydrogen-bond donors (Lipinski definition) is 1. The highest BCUT2D eigenvalue weighted by Gasteiger charge is 1.94. The Morgan fingerprint density at radius 3 is 1.62 bits per heavy atom. The summed E-state index contributed by atoms with van der Waals surface area (Å²) >= 11 is 0. The molecule has 0 bridgehead atoms. The molecule has 0 aromatic rings.